The lowest BCUT2D eigenvalue weighted by Gasteiger charge is -2.09. The molecule has 19 heavy (non-hydrogen) atoms. The van der Waals surface area contributed by atoms with Crippen LogP contribution in [0.1, 0.15) is 31.2 Å². The van der Waals surface area contributed by atoms with Crippen LogP contribution >= 0.6 is 0 Å². The van der Waals surface area contributed by atoms with E-state index >= 15 is 0 Å². The number of hydrogen-bond acceptors (Lipinski definition) is 4. The first-order valence-electron chi connectivity index (χ1n) is 6.24. The average molecular weight is 258 g/mol. The van der Waals surface area contributed by atoms with Crippen LogP contribution in [-0.2, 0) is 6.54 Å². The van der Waals surface area contributed by atoms with Gasteiger partial charge in [-0.15, -0.1) is 0 Å². The molecule has 100 valence electrons. The van der Waals surface area contributed by atoms with Crippen LogP contribution in [0.2, 0.25) is 0 Å². The summed E-state index contributed by atoms with van der Waals surface area (Å²) in [6, 6.07) is 9.05. The number of H-pyrrole nitrogens is 1. The maximum atomic E-state index is 11.5. The molecule has 0 unspecified atom stereocenters. The van der Waals surface area contributed by atoms with Crippen LogP contribution in [0.15, 0.2) is 35.1 Å². The largest absolute Gasteiger partial charge is 0.399 e. The quantitative estimate of drug-likeness (QED) is 0.733. The van der Waals surface area contributed by atoms with Crippen LogP contribution in [0, 0.1) is 0 Å². The highest BCUT2D eigenvalue weighted by Gasteiger charge is 2.04. The molecule has 2 aromatic rings. The highest BCUT2D eigenvalue weighted by atomic mass is 16.1. The van der Waals surface area contributed by atoms with Gasteiger partial charge < -0.3 is 16.0 Å². The second kappa shape index (κ2) is 5.56. The van der Waals surface area contributed by atoms with E-state index in [1.807, 2.05) is 38.1 Å². The first kappa shape index (κ1) is 13.1. The number of nitrogen functional groups attached to an aromatic ring is 1. The minimum atomic E-state index is -0.140. The van der Waals surface area contributed by atoms with E-state index in [-0.39, 0.29) is 11.5 Å². The summed E-state index contributed by atoms with van der Waals surface area (Å²) in [7, 11) is 0. The van der Waals surface area contributed by atoms with Gasteiger partial charge in [0.1, 0.15) is 11.6 Å². The minimum Gasteiger partial charge on any atom is -0.399 e. The minimum absolute atomic E-state index is 0.140. The third kappa shape index (κ3) is 3.58. The summed E-state index contributed by atoms with van der Waals surface area (Å²) in [5, 5.41) is 3.14. The number of nitrogens with zero attached hydrogens (tertiary/aromatic N) is 1. The lowest BCUT2D eigenvalue weighted by molar-refractivity contribution is 0.766. The third-order valence-corrected chi connectivity index (χ3v) is 2.76. The predicted molar refractivity (Wildman–Crippen MR) is 77.1 cm³/mol. The second-order valence-corrected chi connectivity index (χ2v) is 4.77. The van der Waals surface area contributed by atoms with Gasteiger partial charge in [0.05, 0.1) is 0 Å². The molecule has 2 rings (SSSR count). The topological polar surface area (TPSA) is 83.8 Å². The van der Waals surface area contributed by atoms with E-state index in [0.29, 0.717) is 18.2 Å². The maximum absolute atomic E-state index is 11.5. The van der Waals surface area contributed by atoms with Crippen LogP contribution < -0.4 is 16.6 Å². The number of aromatic nitrogens is 2. The molecular weight excluding hydrogens is 240 g/mol. The Morgan fingerprint density at radius 1 is 1.32 bits per heavy atom. The first-order valence-corrected chi connectivity index (χ1v) is 6.24. The van der Waals surface area contributed by atoms with Crippen molar-refractivity contribution in [1.82, 2.24) is 9.97 Å². The van der Waals surface area contributed by atoms with Gasteiger partial charge in [-0.3, -0.25) is 4.79 Å². The fraction of sp³-hybridized carbons (Fsp3) is 0.286. The van der Waals surface area contributed by atoms with Gasteiger partial charge in [0.2, 0.25) is 0 Å². The van der Waals surface area contributed by atoms with Crippen molar-refractivity contribution < 1.29 is 0 Å². The standard InChI is InChI=1S/C14H18N4O/c1-9(2)14-17-12(7-13(19)18-14)16-8-10-3-5-11(15)6-4-10/h3-7,9H,8,15H2,1-2H3,(H2,16,17,18,19). The Hall–Kier alpha value is -2.30. The molecule has 5 nitrogen and oxygen atoms in total. The van der Waals surface area contributed by atoms with E-state index in [0.717, 1.165) is 11.3 Å². The molecule has 0 amide bonds. The van der Waals surface area contributed by atoms with Crippen LogP contribution in [-0.4, -0.2) is 9.97 Å². The molecule has 0 atom stereocenters. The lowest BCUT2D eigenvalue weighted by atomic mass is 10.2. The van der Waals surface area contributed by atoms with E-state index in [1.165, 1.54) is 6.07 Å². The van der Waals surface area contributed by atoms with Gasteiger partial charge in [0.15, 0.2) is 0 Å². The smallest absolute Gasteiger partial charge is 0.252 e. The van der Waals surface area contributed by atoms with Crippen molar-refractivity contribution in [1.29, 1.82) is 0 Å². The van der Waals surface area contributed by atoms with Crippen molar-refractivity contribution in [3.05, 3.63) is 52.1 Å². The zero-order valence-corrected chi connectivity index (χ0v) is 11.1. The summed E-state index contributed by atoms with van der Waals surface area (Å²) in [6.07, 6.45) is 0. The summed E-state index contributed by atoms with van der Waals surface area (Å²) in [5.74, 6) is 1.46. The molecule has 1 aromatic heterocycles. The Morgan fingerprint density at radius 2 is 2.00 bits per heavy atom. The molecule has 0 spiro atoms. The van der Waals surface area contributed by atoms with E-state index in [1.54, 1.807) is 0 Å². The number of benzene rings is 1. The second-order valence-electron chi connectivity index (χ2n) is 4.77. The maximum Gasteiger partial charge on any atom is 0.252 e. The van der Waals surface area contributed by atoms with E-state index < -0.39 is 0 Å². The van der Waals surface area contributed by atoms with Gasteiger partial charge in [-0.05, 0) is 17.7 Å². The Kier molecular flexibility index (Phi) is 3.85. The van der Waals surface area contributed by atoms with Crippen LogP contribution in [0.3, 0.4) is 0 Å². The molecule has 1 aromatic carbocycles. The summed E-state index contributed by atoms with van der Waals surface area (Å²) in [6.45, 7) is 4.58. The van der Waals surface area contributed by atoms with Gasteiger partial charge in [-0.25, -0.2) is 4.98 Å². The SMILES string of the molecule is CC(C)c1nc(NCc2ccc(N)cc2)cc(=O)[nH]1. The van der Waals surface area contributed by atoms with Gasteiger partial charge >= 0.3 is 0 Å². The molecule has 0 aliphatic carbocycles. The Labute approximate surface area is 111 Å². The van der Waals surface area contributed by atoms with Crippen molar-refractivity contribution in [3.63, 3.8) is 0 Å². The van der Waals surface area contributed by atoms with Gasteiger partial charge in [-0.2, -0.15) is 0 Å². The fourth-order valence-electron chi connectivity index (χ4n) is 1.67. The molecule has 5 heteroatoms. The van der Waals surface area contributed by atoms with Crippen molar-refractivity contribution >= 4 is 11.5 Å². The normalized spacial score (nSPS) is 10.7. The summed E-state index contributed by atoms with van der Waals surface area (Å²) >= 11 is 0. The molecule has 0 saturated heterocycles. The Bertz CT molecular complexity index is 602. The number of hydrogen-bond donors (Lipinski definition) is 3. The molecule has 4 N–H and O–H groups in total. The molecule has 0 radical (unpaired) electrons. The molecule has 0 fully saturated rings. The van der Waals surface area contributed by atoms with E-state index in [9.17, 15) is 4.79 Å². The van der Waals surface area contributed by atoms with Gasteiger partial charge in [-0.1, -0.05) is 26.0 Å². The lowest BCUT2D eigenvalue weighted by Crippen LogP contribution is -2.14. The molecule has 0 bridgehead atoms. The zero-order valence-electron chi connectivity index (χ0n) is 11.1. The number of anilines is 2. The molecule has 0 aliphatic rings. The summed E-state index contributed by atoms with van der Waals surface area (Å²) < 4.78 is 0. The van der Waals surface area contributed by atoms with Crippen molar-refractivity contribution in [2.75, 3.05) is 11.1 Å². The fourth-order valence-corrected chi connectivity index (χ4v) is 1.67. The first-order chi connectivity index (χ1) is 9.04. The molecule has 0 saturated carbocycles. The summed E-state index contributed by atoms with van der Waals surface area (Å²) in [4.78, 5) is 18.6. The highest BCUT2D eigenvalue weighted by Crippen LogP contribution is 2.11. The third-order valence-electron chi connectivity index (χ3n) is 2.76. The van der Waals surface area contributed by atoms with Crippen LogP contribution in [0.5, 0.6) is 0 Å². The van der Waals surface area contributed by atoms with Gasteiger partial charge in [0.25, 0.3) is 5.56 Å². The van der Waals surface area contributed by atoms with Crippen molar-refractivity contribution in [2.45, 2.75) is 26.3 Å². The number of aromatic amines is 1. The molecule has 0 aliphatic heterocycles. The van der Waals surface area contributed by atoms with Crippen molar-refractivity contribution in [2.24, 2.45) is 0 Å². The van der Waals surface area contributed by atoms with Gasteiger partial charge in [0, 0.05) is 24.2 Å². The zero-order chi connectivity index (χ0) is 13.8. The monoisotopic (exact) mass is 258 g/mol. The van der Waals surface area contributed by atoms with Crippen molar-refractivity contribution in [3.8, 4) is 0 Å². The van der Waals surface area contributed by atoms with E-state index in [2.05, 4.69) is 15.3 Å². The highest BCUT2D eigenvalue weighted by molar-refractivity contribution is 5.41. The number of nitrogens with one attached hydrogen (secondary N) is 2. The molecule has 1 heterocycles. The van der Waals surface area contributed by atoms with Crippen LogP contribution in [0.25, 0.3) is 0 Å². The molecular formula is C14H18N4O. The number of nitrogens with two attached hydrogens (primary N) is 1. The number of rotatable bonds is 4. The Morgan fingerprint density at radius 3 is 2.63 bits per heavy atom. The average Bonchev–Trinajstić information content (AvgIpc) is 2.37. The Balaban J connectivity index is 2.11. The van der Waals surface area contributed by atoms with Crippen LogP contribution in [0.4, 0.5) is 11.5 Å². The van der Waals surface area contributed by atoms with E-state index in [4.69, 9.17) is 5.73 Å². The predicted octanol–water partition coefficient (Wildman–Crippen LogP) is 2.09. The summed E-state index contributed by atoms with van der Waals surface area (Å²) in [5.41, 5.74) is 7.31.